The highest BCUT2D eigenvalue weighted by Crippen LogP contribution is 2.37. The second-order valence-corrected chi connectivity index (χ2v) is 4.51. The zero-order valence-electron chi connectivity index (χ0n) is 9.16. The van der Waals surface area contributed by atoms with Gasteiger partial charge in [-0.15, -0.1) is 0 Å². The van der Waals surface area contributed by atoms with Crippen molar-refractivity contribution >= 4 is 10.8 Å². The van der Waals surface area contributed by atoms with Gasteiger partial charge in [0, 0.05) is 0 Å². The fraction of sp³-hybridized carbons (Fsp3) is 0.333. The summed E-state index contributed by atoms with van der Waals surface area (Å²) in [5, 5.41) is 2.96. The third-order valence-corrected chi connectivity index (χ3v) is 3.72. The first-order chi connectivity index (χ1) is 7.40. The fourth-order valence-corrected chi connectivity index (χ4v) is 2.91. The summed E-state index contributed by atoms with van der Waals surface area (Å²) < 4.78 is 0. The molecule has 0 spiro atoms. The number of hydrogen-bond acceptors (Lipinski definition) is 0. The Bertz CT molecular complexity index is 491. The first-order valence-corrected chi connectivity index (χ1v) is 5.90. The van der Waals surface area contributed by atoms with Crippen molar-refractivity contribution in [2.75, 3.05) is 0 Å². The van der Waals surface area contributed by atoms with E-state index in [-0.39, 0.29) is 0 Å². The van der Waals surface area contributed by atoms with Crippen LogP contribution in [-0.2, 0) is 6.42 Å². The standard InChI is InChI=1S/C15H16/c1-2-11-9-10-13-6-3-5-12-7-4-8-14(11)15(12)13/h3-8,11H,2,9-10H2,1H3. The molecule has 1 aliphatic rings. The lowest BCUT2D eigenvalue weighted by Gasteiger charge is -2.24. The van der Waals surface area contributed by atoms with Gasteiger partial charge in [0.25, 0.3) is 0 Å². The largest absolute Gasteiger partial charge is 0.0648 e. The summed E-state index contributed by atoms with van der Waals surface area (Å²) in [5.74, 6) is 0.781. The van der Waals surface area contributed by atoms with Crippen molar-refractivity contribution in [3.63, 3.8) is 0 Å². The molecule has 0 aromatic heterocycles. The van der Waals surface area contributed by atoms with Crippen LogP contribution in [-0.4, -0.2) is 0 Å². The highest BCUT2D eigenvalue weighted by atomic mass is 14.2. The minimum Gasteiger partial charge on any atom is -0.0648 e. The van der Waals surface area contributed by atoms with E-state index < -0.39 is 0 Å². The third kappa shape index (κ3) is 1.28. The van der Waals surface area contributed by atoms with Crippen LogP contribution in [0.5, 0.6) is 0 Å². The van der Waals surface area contributed by atoms with Crippen LogP contribution in [0.2, 0.25) is 0 Å². The van der Waals surface area contributed by atoms with Crippen molar-refractivity contribution in [3.05, 3.63) is 47.5 Å². The lowest BCUT2D eigenvalue weighted by molar-refractivity contribution is 0.599. The Kier molecular flexibility index (Phi) is 2.02. The van der Waals surface area contributed by atoms with Gasteiger partial charge in [0.05, 0.1) is 0 Å². The van der Waals surface area contributed by atoms with E-state index in [9.17, 15) is 0 Å². The quantitative estimate of drug-likeness (QED) is 0.638. The molecule has 2 aromatic carbocycles. The van der Waals surface area contributed by atoms with E-state index >= 15 is 0 Å². The predicted octanol–water partition coefficient (Wildman–Crippen LogP) is 4.28. The van der Waals surface area contributed by atoms with Crippen molar-refractivity contribution in [1.82, 2.24) is 0 Å². The maximum atomic E-state index is 2.32. The SMILES string of the molecule is CCC1CCc2cccc3cccc1c23. The molecule has 0 radical (unpaired) electrons. The van der Waals surface area contributed by atoms with E-state index in [1.165, 1.54) is 30.0 Å². The van der Waals surface area contributed by atoms with Crippen LogP contribution in [0.3, 0.4) is 0 Å². The van der Waals surface area contributed by atoms with Gasteiger partial charge in [-0.25, -0.2) is 0 Å². The molecule has 0 saturated carbocycles. The van der Waals surface area contributed by atoms with E-state index in [0.717, 1.165) is 5.92 Å². The summed E-state index contributed by atoms with van der Waals surface area (Å²) in [7, 11) is 0. The fourth-order valence-electron chi connectivity index (χ4n) is 2.91. The average Bonchev–Trinajstić information content (AvgIpc) is 2.30. The van der Waals surface area contributed by atoms with E-state index in [1.807, 2.05) is 0 Å². The van der Waals surface area contributed by atoms with Crippen molar-refractivity contribution in [2.24, 2.45) is 0 Å². The molecule has 1 unspecified atom stereocenters. The van der Waals surface area contributed by atoms with Crippen LogP contribution in [0.15, 0.2) is 36.4 Å². The molecule has 2 aromatic rings. The van der Waals surface area contributed by atoms with Gasteiger partial charge >= 0.3 is 0 Å². The Morgan fingerprint density at radius 3 is 2.73 bits per heavy atom. The Morgan fingerprint density at radius 1 is 1.13 bits per heavy atom. The van der Waals surface area contributed by atoms with Crippen LogP contribution in [0, 0.1) is 0 Å². The molecule has 0 saturated heterocycles. The third-order valence-electron chi connectivity index (χ3n) is 3.72. The highest BCUT2D eigenvalue weighted by Gasteiger charge is 2.19. The summed E-state index contributed by atoms with van der Waals surface area (Å²) in [6, 6.07) is 13.5. The van der Waals surface area contributed by atoms with E-state index in [1.54, 1.807) is 11.1 Å². The van der Waals surface area contributed by atoms with Crippen LogP contribution in [0.4, 0.5) is 0 Å². The molecule has 1 atom stereocenters. The first-order valence-electron chi connectivity index (χ1n) is 5.90. The second kappa shape index (κ2) is 3.37. The summed E-state index contributed by atoms with van der Waals surface area (Å²) >= 11 is 0. The highest BCUT2D eigenvalue weighted by molar-refractivity contribution is 5.90. The summed E-state index contributed by atoms with van der Waals surface area (Å²) in [6.07, 6.45) is 3.85. The second-order valence-electron chi connectivity index (χ2n) is 4.51. The Hall–Kier alpha value is -1.30. The molecule has 0 heterocycles. The van der Waals surface area contributed by atoms with Crippen molar-refractivity contribution in [1.29, 1.82) is 0 Å². The minimum absolute atomic E-state index is 0.781. The molecule has 1 aliphatic carbocycles. The molecule has 0 N–H and O–H groups in total. The Morgan fingerprint density at radius 2 is 1.93 bits per heavy atom. The van der Waals surface area contributed by atoms with Gasteiger partial charge in [-0.05, 0) is 47.1 Å². The maximum absolute atomic E-state index is 2.32. The predicted molar refractivity (Wildman–Crippen MR) is 65.3 cm³/mol. The smallest absolute Gasteiger partial charge is 0.0117 e. The Labute approximate surface area is 90.9 Å². The van der Waals surface area contributed by atoms with Gasteiger partial charge in [-0.3, -0.25) is 0 Å². The van der Waals surface area contributed by atoms with Crippen molar-refractivity contribution < 1.29 is 0 Å². The first kappa shape index (κ1) is 8.96. The maximum Gasteiger partial charge on any atom is -0.0117 e. The molecular formula is C15H16. The number of rotatable bonds is 1. The monoisotopic (exact) mass is 196 g/mol. The minimum atomic E-state index is 0.781. The van der Waals surface area contributed by atoms with Crippen LogP contribution in [0.25, 0.3) is 10.8 Å². The zero-order valence-corrected chi connectivity index (χ0v) is 9.16. The summed E-state index contributed by atoms with van der Waals surface area (Å²) in [6.45, 7) is 2.30. The molecule has 0 heteroatoms. The van der Waals surface area contributed by atoms with Gasteiger partial charge in [0.1, 0.15) is 0 Å². The van der Waals surface area contributed by atoms with Crippen molar-refractivity contribution in [2.45, 2.75) is 32.1 Å². The zero-order chi connectivity index (χ0) is 10.3. The molecule has 76 valence electrons. The lowest BCUT2D eigenvalue weighted by Crippen LogP contribution is -2.07. The topological polar surface area (TPSA) is 0 Å². The van der Waals surface area contributed by atoms with Gasteiger partial charge in [0.2, 0.25) is 0 Å². The normalized spacial score (nSPS) is 19.4. The molecule has 0 nitrogen and oxygen atoms in total. The number of aryl methyl sites for hydroxylation is 1. The van der Waals surface area contributed by atoms with Crippen LogP contribution in [0.1, 0.15) is 36.8 Å². The average molecular weight is 196 g/mol. The number of benzene rings is 2. The molecule has 3 rings (SSSR count). The van der Waals surface area contributed by atoms with Crippen LogP contribution >= 0.6 is 0 Å². The van der Waals surface area contributed by atoms with Gasteiger partial charge in [-0.2, -0.15) is 0 Å². The Balaban J connectivity index is 2.36. The van der Waals surface area contributed by atoms with E-state index in [4.69, 9.17) is 0 Å². The molecule has 15 heavy (non-hydrogen) atoms. The summed E-state index contributed by atoms with van der Waals surface area (Å²) in [4.78, 5) is 0. The molecular weight excluding hydrogens is 180 g/mol. The van der Waals surface area contributed by atoms with Crippen molar-refractivity contribution in [3.8, 4) is 0 Å². The van der Waals surface area contributed by atoms with Crippen LogP contribution < -0.4 is 0 Å². The summed E-state index contributed by atoms with van der Waals surface area (Å²) in [5.41, 5.74) is 3.13. The molecule has 0 fully saturated rings. The lowest BCUT2D eigenvalue weighted by atomic mass is 9.80. The van der Waals surface area contributed by atoms with Gasteiger partial charge in [0.15, 0.2) is 0 Å². The van der Waals surface area contributed by atoms with E-state index in [0.29, 0.717) is 0 Å². The molecule has 0 bridgehead atoms. The van der Waals surface area contributed by atoms with Gasteiger partial charge in [-0.1, -0.05) is 43.3 Å². The van der Waals surface area contributed by atoms with Gasteiger partial charge < -0.3 is 0 Å². The molecule has 0 aliphatic heterocycles. The van der Waals surface area contributed by atoms with E-state index in [2.05, 4.69) is 43.3 Å². The number of hydrogen-bond donors (Lipinski definition) is 0. The molecule has 0 amide bonds.